The molecule has 182 valence electrons. The van der Waals surface area contributed by atoms with Crippen LogP contribution in [-0.4, -0.2) is 72.5 Å². The molecule has 3 heterocycles. The molecule has 1 aromatic heterocycles. The van der Waals surface area contributed by atoms with Crippen LogP contribution in [0.4, 0.5) is 16.4 Å². The highest BCUT2D eigenvalue weighted by atomic mass is 16.5. The summed E-state index contributed by atoms with van der Waals surface area (Å²) in [6.07, 6.45) is 2.49. The molecule has 9 heteroatoms. The molecule has 0 bridgehead atoms. The summed E-state index contributed by atoms with van der Waals surface area (Å²) in [5.74, 6) is 0.771. The predicted octanol–water partition coefficient (Wildman–Crippen LogP) is 3.30. The van der Waals surface area contributed by atoms with Gasteiger partial charge in [0.1, 0.15) is 0 Å². The Bertz CT molecular complexity index is 1020. The van der Waals surface area contributed by atoms with Crippen LogP contribution < -0.4 is 15.5 Å². The number of hydrogen-bond donors (Lipinski definition) is 2. The van der Waals surface area contributed by atoms with Crippen molar-refractivity contribution in [1.82, 2.24) is 20.2 Å². The highest BCUT2D eigenvalue weighted by Gasteiger charge is 2.30. The number of hydrogen-bond acceptors (Lipinski definition) is 7. The van der Waals surface area contributed by atoms with Crippen molar-refractivity contribution in [2.75, 3.05) is 43.6 Å². The lowest BCUT2D eigenvalue weighted by Gasteiger charge is -2.33. The number of aliphatic imine (C=N–C) groups is 1. The lowest BCUT2D eigenvalue weighted by molar-refractivity contribution is 0.0980. The number of nitrogens with zero attached hydrogens (tertiary/aromatic N) is 5. The van der Waals surface area contributed by atoms with Crippen LogP contribution in [0.2, 0.25) is 0 Å². The van der Waals surface area contributed by atoms with Crippen LogP contribution in [0.1, 0.15) is 38.4 Å². The average Bonchev–Trinajstić information content (AvgIpc) is 3.27. The minimum Gasteiger partial charge on any atom is -0.377 e. The Kier molecular flexibility index (Phi) is 7.74. The lowest BCUT2D eigenvalue weighted by atomic mass is 10.1. The average molecular weight is 466 g/mol. The van der Waals surface area contributed by atoms with Gasteiger partial charge in [0.05, 0.1) is 30.6 Å². The number of carbonyl (C=O) groups excluding carboxylic acids is 1. The first kappa shape index (κ1) is 24.1. The highest BCUT2D eigenvalue weighted by Crippen LogP contribution is 2.34. The summed E-state index contributed by atoms with van der Waals surface area (Å²) < 4.78 is 5.62. The third kappa shape index (κ3) is 5.53. The number of fused-ring (bicyclic) bond motifs is 1. The second-order valence-corrected chi connectivity index (χ2v) is 9.10. The van der Waals surface area contributed by atoms with Crippen molar-refractivity contribution >= 4 is 23.9 Å². The number of anilines is 2. The lowest BCUT2D eigenvalue weighted by Crippen LogP contribution is -2.44. The first-order chi connectivity index (χ1) is 16.5. The van der Waals surface area contributed by atoms with Gasteiger partial charge in [-0.05, 0) is 39.3 Å². The smallest absolute Gasteiger partial charge is 0.319 e. The number of rotatable bonds is 7. The Morgan fingerprint density at radius 2 is 2.06 bits per heavy atom. The van der Waals surface area contributed by atoms with Crippen molar-refractivity contribution in [3.05, 3.63) is 35.5 Å². The third-order valence-electron chi connectivity index (χ3n) is 6.31. The van der Waals surface area contributed by atoms with Crippen molar-refractivity contribution in [3.63, 3.8) is 0 Å². The van der Waals surface area contributed by atoms with Crippen LogP contribution in [0.3, 0.4) is 0 Å². The van der Waals surface area contributed by atoms with Gasteiger partial charge in [-0.15, -0.1) is 0 Å². The SMILES string of the molecule is CN=CCCNC(=O)Nc1ccc(-c2nc(N3CCOC[C@@H]3C)nc3c2CN(C(C)C)C3)cc1. The quantitative estimate of drug-likeness (QED) is 0.481. The number of morpholine rings is 1. The fourth-order valence-corrected chi connectivity index (χ4v) is 4.29. The van der Waals surface area contributed by atoms with Gasteiger partial charge in [0.15, 0.2) is 0 Å². The van der Waals surface area contributed by atoms with Crippen molar-refractivity contribution in [2.24, 2.45) is 4.99 Å². The zero-order chi connectivity index (χ0) is 24.1. The van der Waals surface area contributed by atoms with Gasteiger partial charge in [-0.3, -0.25) is 4.90 Å². The van der Waals surface area contributed by atoms with Gasteiger partial charge >= 0.3 is 6.03 Å². The molecule has 2 N–H and O–H groups in total. The monoisotopic (exact) mass is 465 g/mol. The fraction of sp³-hybridized carbons (Fsp3) is 0.520. The number of benzene rings is 1. The van der Waals surface area contributed by atoms with Crippen molar-refractivity contribution in [1.29, 1.82) is 0 Å². The molecular formula is C25H35N7O2. The molecule has 0 spiro atoms. The molecule has 1 fully saturated rings. The Hall–Kier alpha value is -3.04. The minimum absolute atomic E-state index is 0.226. The maximum atomic E-state index is 12.1. The molecule has 0 saturated carbocycles. The Labute approximate surface area is 201 Å². The number of ether oxygens (including phenoxy) is 1. The van der Waals surface area contributed by atoms with Crippen molar-refractivity contribution in [2.45, 2.75) is 52.4 Å². The van der Waals surface area contributed by atoms with E-state index in [0.717, 1.165) is 48.2 Å². The first-order valence-electron chi connectivity index (χ1n) is 12.0. The van der Waals surface area contributed by atoms with Gasteiger partial charge in [-0.1, -0.05) is 12.1 Å². The van der Waals surface area contributed by atoms with Crippen LogP contribution in [0.25, 0.3) is 11.3 Å². The summed E-state index contributed by atoms with van der Waals surface area (Å²) in [5.41, 5.74) is 5.02. The zero-order valence-corrected chi connectivity index (χ0v) is 20.5. The van der Waals surface area contributed by atoms with Gasteiger partial charge in [0, 0.05) is 62.3 Å². The summed E-state index contributed by atoms with van der Waals surface area (Å²) in [6, 6.07) is 8.32. The molecular weight excluding hydrogens is 430 g/mol. The van der Waals surface area contributed by atoms with E-state index in [0.29, 0.717) is 32.2 Å². The molecule has 2 aliphatic rings. The van der Waals surface area contributed by atoms with Crippen LogP contribution >= 0.6 is 0 Å². The molecule has 2 aliphatic heterocycles. The maximum absolute atomic E-state index is 12.1. The van der Waals surface area contributed by atoms with Gasteiger partial charge in [-0.2, -0.15) is 0 Å². The van der Waals surface area contributed by atoms with Crippen molar-refractivity contribution < 1.29 is 9.53 Å². The van der Waals surface area contributed by atoms with E-state index in [1.807, 2.05) is 24.3 Å². The van der Waals surface area contributed by atoms with Crippen LogP contribution in [0.15, 0.2) is 29.3 Å². The van der Waals surface area contributed by atoms with Gasteiger partial charge in [0.2, 0.25) is 5.95 Å². The minimum atomic E-state index is -0.226. The molecule has 0 unspecified atom stereocenters. The molecule has 0 radical (unpaired) electrons. The van der Waals surface area contributed by atoms with E-state index in [9.17, 15) is 4.79 Å². The van der Waals surface area contributed by atoms with Gasteiger partial charge in [-0.25, -0.2) is 14.8 Å². The number of nitrogens with one attached hydrogen (secondary N) is 2. The second-order valence-electron chi connectivity index (χ2n) is 9.10. The number of carbonyl (C=O) groups is 1. The van der Waals surface area contributed by atoms with Crippen LogP contribution in [0.5, 0.6) is 0 Å². The second kappa shape index (κ2) is 10.9. The Morgan fingerprint density at radius 1 is 1.26 bits per heavy atom. The number of aromatic nitrogens is 2. The Morgan fingerprint density at radius 3 is 2.76 bits per heavy atom. The van der Waals surface area contributed by atoms with Crippen LogP contribution in [-0.2, 0) is 17.8 Å². The Balaban J connectivity index is 1.57. The molecule has 2 amide bonds. The summed E-state index contributed by atoms with van der Waals surface area (Å²) in [7, 11) is 1.72. The number of amides is 2. The zero-order valence-electron chi connectivity index (χ0n) is 20.5. The maximum Gasteiger partial charge on any atom is 0.319 e. The third-order valence-corrected chi connectivity index (χ3v) is 6.31. The van der Waals surface area contributed by atoms with Crippen LogP contribution in [0, 0.1) is 0 Å². The molecule has 1 aromatic carbocycles. The van der Waals surface area contributed by atoms with E-state index in [4.69, 9.17) is 14.7 Å². The first-order valence-corrected chi connectivity index (χ1v) is 12.0. The largest absolute Gasteiger partial charge is 0.377 e. The topological polar surface area (TPSA) is 95.0 Å². The van der Waals surface area contributed by atoms with Gasteiger partial charge in [0.25, 0.3) is 0 Å². The van der Waals surface area contributed by atoms with E-state index in [1.54, 1.807) is 13.3 Å². The highest BCUT2D eigenvalue weighted by molar-refractivity contribution is 5.89. The molecule has 1 atom stereocenters. The van der Waals surface area contributed by atoms with E-state index < -0.39 is 0 Å². The molecule has 2 aromatic rings. The normalized spacial score (nSPS) is 18.5. The van der Waals surface area contributed by atoms with Gasteiger partial charge < -0.3 is 25.3 Å². The number of urea groups is 1. The summed E-state index contributed by atoms with van der Waals surface area (Å²) >= 11 is 0. The summed E-state index contributed by atoms with van der Waals surface area (Å²) in [5, 5.41) is 5.71. The summed E-state index contributed by atoms with van der Waals surface area (Å²) in [6.45, 7) is 10.9. The van der Waals surface area contributed by atoms with E-state index in [2.05, 4.69) is 46.2 Å². The van der Waals surface area contributed by atoms with E-state index in [-0.39, 0.29) is 12.1 Å². The summed E-state index contributed by atoms with van der Waals surface area (Å²) in [4.78, 5) is 30.7. The predicted molar refractivity (Wildman–Crippen MR) is 136 cm³/mol. The standard InChI is InChI=1S/C25H35N7O2/c1-17(2)31-14-21-22(15-31)29-24(32-12-13-34-16-18(32)3)30-23(21)19-6-8-20(9-7-19)28-25(33)27-11-5-10-26-4/h6-10,17-18H,5,11-16H2,1-4H3,(H2,27,28,33)/t18-/m0/s1. The fourth-order valence-electron chi connectivity index (χ4n) is 4.29. The molecule has 9 nitrogen and oxygen atoms in total. The molecule has 1 saturated heterocycles. The molecule has 4 rings (SSSR count). The van der Waals surface area contributed by atoms with E-state index >= 15 is 0 Å². The molecule has 34 heavy (non-hydrogen) atoms. The van der Waals surface area contributed by atoms with E-state index in [1.165, 1.54) is 5.56 Å². The molecule has 0 aliphatic carbocycles. The van der Waals surface area contributed by atoms with Crippen molar-refractivity contribution in [3.8, 4) is 11.3 Å².